The highest BCUT2D eigenvalue weighted by molar-refractivity contribution is 5.86. The van der Waals surface area contributed by atoms with E-state index in [1.165, 1.54) is 6.08 Å². The lowest BCUT2D eigenvalue weighted by Crippen LogP contribution is -2.15. The van der Waals surface area contributed by atoms with Crippen LogP contribution in [0.2, 0.25) is 0 Å². The molecule has 1 aromatic rings. The van der Waals surface area contributed by atoms with Gasteiger partial charge in [0.25, 0.3) is 0 Å². The Bertz CT molecular complexity index is 521. The van der Waals surface area contributed by atoms with Gasteiger partial charge in [-0.1, -0.05) is 12.1 Å². The van der Waals surface area contributed by atoms with E-state index in [9.17, 15) is 9.59 Å². The van der Waals surface area contributed by atoms with E-state index in [2.05, 4.69) is 0 Å². The molecule has 0 saturated heterocycles. The number of esters is 1. The van der Waals surface area contributed by atoms with Gasteiger partial charge >= 0.3 is 11.9 Å². The van der Waals surface area contributed by atoms with Gasteiger partial charge in [-0.2, -0.15) is 0 Å². The van der Waals surface area contributed by atoms with Crippen LogP contribution in [0.4, 0.5) is 0 Å². The molecule has 6 heteroatoms. The molecule has 0 fully saturated rings. The molecule has 21 heavy (non-hydrogen) atoms. The van der Waals surface area contributed by atoms with Gasteiger partial charge in [0.1, 0.15) is 0 Å². The van der Waals surface area contributed by atoms with E-state index in [0.29, 0.717) is 23.7 Å². The highest BCUT2D eigenvalue weighted by atomic mass is 16.6. The maximum atomic E-state index is 11.4. The van der Waals surface area contributed by atoms with E-state index in [1.54, 1.807) is 25.1 Å². The fourth-order valence-corrected chi connectivity index (χ4v) is 1.58. The summed E-state index contributed by atoms with van der Waals surface area (Å²) < 4.78 is 15.6. The van der Waals surface area contributed by atoms with Crippen LogP contribution in [0.25, 0.3) is 6.08 Å². The van der Waals surface area contributed by atoms with Gasteiger partial charge in [-0.05, 0) is 26.0 Å². The summed E-state index contributed by atoms with van der Waals surface area (Å²) in [6.45, 7) is 3.93. The number of aliphatic carboxylic acids is 1. The number of hydrogen-bond acceptors (Lipinski definition) is 5. The summed E-state index contributed by atoms with van der Waals surface area (Å²) in [7, 11) is 0. The van der Waals surface area contributed by atoms with E-state index in [1.807, 2.05) is 6.92 Å². The number of carboxylic acid groups (broad SMARTS) is 1. The SMILES string of the molecule is CCOC(=O)COc1c(/C=C/C(=O)O)cccc1OCC. The predicted octanol–water partition coefficient (Wildman–Crippen LogP) is 2.12. The molecular formula is C15H18O6. The summed E-state index contributed by atoms with van der Waals surface area (Å²) in [5.74, 6) is -0.829. The van der Waals surface area contributed by atoms with Crippen LogP contribution in [-0.2, 0) is 14.3 Å². The second-order valence-electron chi connectivity index (χ2n) is 3.87. The lowest BCUT2D eigenvalue weighted by Gasteiger charge is -2.13. The Kier molecular flexibility index (Phi) is 6.80. The van der Waals surface area contributed by atoms with Crippen LogP contribution < -0.4 is 9.47 Å². The van der Waals surface area contributed by atoms with E-state index in [0.717, 1.165) is 6.08 Å². The van der Waals surface area contributed by atoms with Crippen molar-refractivity contribution in [3.8, 4) is 11.5 Å². The largest absolute Gasteiger partial charge is 0.490 e. The quantitative estimate of drug-likeness (QED) is 0.584. The number of benzene rings is 1. The maximum Gasteiger partial charge on any atom is 0.344 e. The Morgan fingerprint density at radius 2 is 1.95 bits per heavy atom. The summed E-state index contributed by atoms with van der Waals surface area (Å²) in [5, 5.41) is 8.69. The number of carbonyl (C=O) groups is 2. The monoisotopic (exact) mass is 294 g/mol. The zero-order valence-corrected chi connectivity index (χ0v) is 12.0. The van der Waals surface area contributed by atoms with Gasteiger partial charge in [-0.3, -0.25) is 0 Å². The van der Waals surface area contributed by atoms with Gasteiger partial charge in [-0.15, -0.1) is 0 Å². The number of ether oxygens (including phenoxy) is 3. The Balaban J connectivity index is 2.99. The number of hydrogen-bond donors (Lipinski definition) is 1. The summed E-state index contributed by atoms with van der Waals surface area (Å²) >= 11 is 0. The molecule has 1 aromatic carbocycles. The number of carboxylic acids is 1. The fraction of sp³-hybridized carbons (Fsp3) is 0.333. The highest BCUT2D eigenvalue weighted by Crippen LogP contribution is 2.32. The molecular weight excluding hydrogens is 276 g/mol. The molecule has 0 atom stereocenters. The van der Waals surface area contributed by atoms with Crippen molar-refractivity contribution in [1.29, 1.82) is 0 Å². The molecule has 0 bridgehead atoms. The highest BCUT2D eigenvalue weighted by Gasteiger charge is 2.12. The molecule has 0 amide bonds. The van der Waals surface area contributed by atoms with Crippen LogP contribution in [0.3, 0.4) is 0 Å². The maximum absolute atomic E-state index is 11.4. The van der Waals surface area contributed by atoms with Crippen LogP contribution in [-0.4, -0.2) is 36.9 Å². The molecule has 1 N–H and O–H groups in total. The average molecular weight is 294 g/mol. The summed E-state index contributed by atoms with van der Waals surface area (Å²) in [6, 6.07) is 5.06. The zero-order chi connectivity index (χ0) is 15.7. The molecule has 0 heterocycles. The number of rotatable bonds is 8. The van der Waals surface area contributed by atoms with Crippen LogP contribution in [0.1, 0.15) is 19.4 Å². The zero-order valence-electron chi connectivity index (χ0n) is 12.0. The molecule has 1 rings (SSSR count). The summed E-state index contributed by atoms with van der Waals surface area (Å²) in [6.07, 6.45) is 2.37. The Morgan fingerprint density at radius 3 is 2.57 bits per heavy atom. The molecule has 0 saturated carbocycles. The summed E-state index contributed by atoms with van der Waals surface area (Å²) in [4.78, 5) is 22.0. The average Bonchev–Trinajstić information content (AvgIpc) is 2.44. The second-order valence-corrected chi connectivity index (χ2v) is 3.87. The lowest BCUT2D eigenvalue weighted by atomic mass is 10.1. The fourth-order valence-electron chi connectivity index (χ4n) is 1.58. The summed E-state index contributed by atoms with van der Waals surface area (Å²) in [5.41, 5.74) is 0.507. The van der Waals surface area contributed by atoms with Crippen molar-refractivity contribution in [2.75, 3.05) is 19.8 Å². The Morgan fingerprint density at radius 1 is 1.19 bits per heavy atom. The molecule has 114 valence electrons. The van der Waals surface area contributed by atoms with Crippen molar-refractivity contribution in [2.45, 2.75) is 13.8 Å². The third kappa shape index (κ3) is 5.56. The normalized spacial score (nSPS) is 10.4. The van der Waals surface area contributed by atoms with Crippen LogP contribution in [0, 0.1) is 0 Å². The van der Waals surface area contributed by atoms with Gasteiger partial charge in [0, 0.05) is 11.6 Å². The Hall–Kier alpha value is -2.50. The van der Waals surface area contributed by atoms with Crippen molar-refractivity contribution < 1.29 is 28.9 Å². The van der Waals surface area contributed by atoms with Crippen molar-refractivity contribution in [3.63, 3.8) is 0 Å². The smallest absolute Gasteiger partial charge is 0.344 e. The van der Waals surface area contributed by atoms with E-state index >= 15 is 0 Å². The van der Waals surface area contributed by atoms with Crippen LogP contribution in [0.5, 0.6) is 11.5 Å². The predicted molar refractivity (Wildman–Crippen MR) is 76.4 cm³/mol. The molecule has 6 nitrogen and oxygen atoms in total. The second kappa shape index (κ2) is 8.63. The van der Waals surface area contributed by atoms with Gasteiger partial charge in [-0.25, -0.2) is 9.59 Å². The number of carbonyl (C=O) groups excluding carboxylic acids is 1. The van der Waals surface area contributed by atoms with Crippen molar-refractivity contribution in [3.05, 3.63) is 29.8 Å². The van der Waals surface area contributed by atoms with Gasteiger partial charge in [0.05, 0.1) is 13.2 Å². The topological polar surface area (TPSA) is 82.1 Å². The van der Waals surface area contributed by atoms with Crippen molar-refractivity contribution in [2.24, 2.45) is 0 Å². The molecule has 0 aromatic heterocycles. The minimum Gasteiger partial charge on any atom is -0.490 e. The molecule has 0 unspecified atom stereocenters. The Labute approximate surface area is 122 Å². The molecule has 0 radical (unpaired) electrons. The standard InChI is InChI=1S/C15H18O6/c1-3-19-12-7-5-6-11(8-9-13(16)17)15(12)21-10-14(18)20-4-2/h5-9H,3-4,10H2,1-2H3,(H,16,17)/b9-8+. The van der Waals surface area contributed by atoms with Crippen molar-refractivity contribution in [1.82, 2.24) is 0 Å². The first-order valence-electron chi connectivity index (χ1n) is 6.53. The van der Waals surface area contributed by atoms with E-state index in [4.69, 9.17) is 19.3 Å². The number of para-hydroxylation sites is 1. The molecule has 0 aliphatic carbocycles. The van der Waals surface area contributed by atoms with Gasteiger partial charge in [0.2, 0.25) is 0 Å². The molecule has 0 aliphatic rings. The third-order valence-electron chi connectivity index (χ3n) is 2.35. The van der Waals surface area contributed by atoms with Crippen molar-refractivity contribution >= 4 is 18.0 Å². The minimum absolute atomic E-state index is 0.265. The minimum atomic E-state index is -1.08. The van der Waals surface area contributed by atoms with E-state index < -0.39 is 11.9 Å². The molecule has 0 spiro atoms. The first-order chi connectivity index (χ1) is 10.1. The first kappa shape index (κ1) is 16.6. The van der Waals surface area contributed by atoms with Gasteiger partial charge < -0.3 is 19.3 Å². The third-order valence-corrected chi connectivity index (χ3v) is 2.35. The van der Waals surface area contributed by atoms with Crippen LogP contribution in [0.15, 0.2) is 24.3 Å². The first-order valence-corrected chi connectivity index (χ1v) is 6.53. The van der Waals surface area contributed by atoms with Gasteiger partial charge in [0.15, 0.2) is 18.1 Å². The van der Waals surface area contributed by atoms with E-state index in [-0.39, 0.29) is 13.2 Å². The lowest BCUT2D eigenvalue weighted by molar-refractivity contribution is -0.145. The molecule has 0 aliphatic heterocycles. The van der Waals surface area contributed by atoms with Crippen LogP contribution >= 0.6 is 0 Å².